The number of nitrogens with one attached hydrogen (secondary N) is 2. The third kappa shape index (κ3) is 4.42. The number of aryl methyl sites for hydroxylation is 1. The average molecular weight is 389 g/mol. The van der Waals surface area contributed by atoms with Crippen molar-refractivity contribution in [1.82, 2.24) is 19.9 Å². The van der Waals surface area contributed by atoms with Crippen LogP contribution in [0.4, 0.5) is 23.0 Å². The van der Waals surface area contributed by atoms with Crippen molar-refractivity contribution >= 4 is 34.6 Å². The van der Waals surface area contributed by atoms with Crippen LogP contribution in [-0.2, 0) is 0 Å². The number of anilines is 4. The standard InChI is InChI=1S/C21H17ClN6/c1-14-25-19(22)12-21(26-14)28-17-9-7-16(8-10-17)27-20-11-18(23-13-24-20)15-5-3-2-4-6-15/h2-13H,1H3,(H,23,24,27)(H,25,26,28). The molecule has 0 aliphatic heterocycles. The van der Waals surface area contributed by atoms with Gasteiger partial charge in [-0.1, -0.05) is 41.9 Å². The van der Waals surface area contributed by atoms with Crippen LogP contribution < -0.4 is 10.6 Å². The number of halogens is 1. The van der Waals surface area contributed by atoms with E-state index in [1.165, 1.54) is 0 Å². The van der Waals surface area contributed by atoms with Crippen LogP contribution in [0.2, 0.25) is 5.15 Å². The highest BCUT2D eigenvalue weighted by Crippen LogP contribution is 2.23. The Bertz CT molecular complexity index is 1060. The van der Waals surface area contributed by atoms with E-state index >= 15 is 0 Å². The Morgan fingerprint density at radius 2 is 1.43 bits per heavy atom. The Morgan fingerprint density at radius 1 is 0.750 bits per heavy atom. The second kappa shape index (κ2) is 8.02. The van der Waals surface area contributed by atoms with Gasteiger partial charge in [0.15, 0.2) is 0 Å². The number of rotatable bonds is 5. The molecule has 0 radical (unpaired) electrons. The molecule has 0 bridgehead atoms. The number of benzene rings is 2. The van der Waals surface area contributed by atoms with Gasteiger partial charge in [-0.3, -0.25) is 0 Å². The van der Waals surface area contributed by atoms with Crippen LogP contribution in [0.25, 0.3) is 11.3 Å². The largest absolute Gasteiger partial charge is 0.340 e. The second-order valence-electron chi connectivity index (χ2n) is 6.10. The fourth-order valence-corrected chi connectivity index (χ4v) is 2.95. The molecule has 4 rings (SSSR count). The summed E-state index contributed by atoms with van der Waals surface area (Å²) in [6.07, 6.45) is 1.56. The van der Waals surface area contributed by atoms with E-state index in [9.17, 15) is 0 Å². The average Bonchev–Trinajstić information content (AvgIpc) is 2.70. The maximum atomic E-state index is 5.98. The van der Waals surface area contributed by atoms with E-state index in [1.54, 1.807) is 19.3 Å². The predicted molar refractivity (Wildman–Crippen MR) is 112 cm³/mol. The Morgan fingerprint density at radius 3 is 2.11 bits per heavy atom. The molecular weight excluding hydrogens is 372 g/mol. The minimum absolute atomic E-state index is 0.409. The van der Waals surface area contributed by atoms with Gasteiger partial charge in [0.25, 0.3) is 0 Å². The van der Waals surface area contributed by atoms with E-state index in [4.69, 9.17) is 11.6 Å². The Labute approximate surface area is 167 Å². The van der Waals surface area contributed by atoms with Gasteiger partial charge in [-0.25, -0.2) is 19.9 Å². The number of hydrogen-bond acceptors (Lipinski definition) is 6. The van der Waals surface area contributed by atoms with Crippen LogP contribution in [0.5, 0.6) is 0 Å². The summed E-state index contributed by atoms with van der Waals surface area (Å²) in [7, 11) is 0. The van der Waals surface area contributed by atoms with Gasteiger partial charge in [0.05, 0.1) is 5.69 Å². The van der Waals surface area contributed by atoms with Gasteiger partial charge in [0.1, 0.15) is 28.9 Å². The maximum absolute atomic E-state index is 5.98. The SMILES string of the molecule is Cc1nc(Cl)cc(Nc2ccc(Nc3cc(-c4ccccc4)ncn3)cc2)n1. The number of aromatic nitrogens is 4. The summed E-state index contributed by atoms with van der Waals surface area (Å²) < 4.78 is 0. The minimum Gasteiger partial charge on any atom is -0.340 e. The highest BCUT2D eigenvalue weighted by molar-refractivity contribution is 6.29. The Hall–Kier alpha value is -3.51. The van der Waals surface area contributed by atoms with E-state index in [0.29, 0.717) is 16.8 Å². The molecule has 138 valence electrons. The lowest BCUT2D eigenvalue weighted by atomic mass is 10.1. The predicted octanol–water partition coefficient (Wildman–Crippen LogP) is 5.38. The highest BCUT2D eigenvalue weighted by atomic mass is 35.5. The molecule has 0 saturated carbocycles. The van der Waals surface area contributed by atoms with Crippen molar-refractivity contribution in [2.75, 3.05) is 10.6 Å². The monoisotopic (exact) mass is 388 g/mol. The summed E-state index contributed by atoms with van der Waals surface area (Å²) >= 11 is 5.98. The fourth-order valence-electron chi connectivity index (χ4n) is 2.72. The molecule has 28 heavy (non-hydrogen) atoms. The first kappa shape index (κ1) is 17.9. The lowest BCUT2D eigenvalue weighted by Crippen LogP contribution is -1.98. The van der Waals surface area contributed by atoms with E-state index in [2.05, 4.69) is 30.6 Å². The third-order valence-electron chi connectivity index (χ3n) is 3.97. The molecule has 6 nitrogen and oxygen atoms in total. The molecule has 0 aliphatic rings. The summed E-state index contributed by atoms with van der Waals surface area (Å²) in [5, 5.41) is 6.92. The smallest absolute Gasteiger partial charge is 0.135 e. The molecular formula is C21H17ClN6. The zero-order valence-electron chi connectivity index (χ0n) is 15.1. The van der Waals surface area contributed by atoms with E-state index in [-0.39, 0.29) is 0 Å². The van der Waals surface area contributed by atoms with Gasteiger partial charge in [-0.05, 0) is 31.2 Å². The van der Waals surface area contributed by atoms with Crippen molar-refractivity contribution in [3.63, 3.8) is 0 Å². The molecule has 0 fully saturated rings. The zero-order chi connectivity index (χ0) is 19.3. The van der Waals surface area contributed by atoms with Crippen molar-refractivity contribution in [3.05, 3.63) is 84.0 Å². The molecule has 0 atom stereocenters. The van der Waals surface area contributed by atoms with Crippen LogP contribution in [0.3, 0.4) is 0 Å². The molecule has 0 saturated heterocycles. The molecule has 0 aliphatic carbocycles. The van der Waals surface area contributed by atoms with Gasteiger partial charge < -0.3 is 10.6 Å². The summed E-state index contributed by atoms with van der Waals surface area (Å²) in [6, 6.07) is 21.4. The summed E-state index contributed by atoms with van der Waals surface area (Å²) in [5.74, 6) is 2.00. The molecule has 4 aromatic rings. The molecule has 7 heteroatoms. The van der Waals surface area contributed by atoms with E-state index < -0.39 is 0 Å². The first-order chi connectivity index (χ1) is 13.7. The minimum atomic E-state index is 0.409. The van der Waals surface area contributed by atoms with Crippen LogP contribution in [0.15, 0.2) is 73.1 Å². The second-order valence-corrected chi connectivity index (χ2v) is 6.49. The van der Waals surface area contributed by atoms with Gasteiger partial charge in [-0.15, -0.1) is 0 Å². The molecule has 2 aromatic carbocycles. The highest BCUT2D eigenvalue weighted by Gasteiger charge is 2.04. The van der Waals surface area contributed by atoms with E-state index in [1.807, 2.05) is 60.7 Å². The van der Waals surface area contributed by atoms with Crippen LogP contribution in [0, 0.1) is 6.92 Å². The topological polar surface area (TPSA) is 75.6 Å². The summed E-state index contributed by atoms with van der Waals surface area (Å²) in [6.45, 7) is 1.80. The van der Waals surface area contributed by atoms with Crippen molar-refractivity contribution in [2.24, 2.45) is 0 Å². The van der Waals surface area contributed by atoms with Gasteiger partial charge in [-0.2, -0.15) is 0 Å². The molecule has 0 amide bonds. The van der Waals surface area contributed by atoms with Crippen LogP contribution in [0.1, 0.15) is 5.82 Å². The number of nitrogens with zero attached hydrogens (tertiary/aromatic N) is 4. The van der Waals surface area contributed by atoms with E-state index in [0.717, 1.165) is 28.5 Å². The summed E-state index contributed by atoms with van der Waals surface area (Å²) in [4.78, 5) is 17.0. The molecule has 2 N–H and O–H groups in total. The molecule has 2 heterocycles. The van der Waals surface area contributed by atoms with Gasteiger partial charge in [0.2, 0.25) is 0 Å². The maximum Gasteiger partial charge on any atom is 0.135 e. The quantitative estimate of drug-likeness (QED) is 0.447. The fraction of sp³-hybridized carbons (Fsp3) is 0.0476. The molecule has 0 spiro atoms. The number of hydrogen-bond donors (Lipinski definition) is 2. The molecule has 2 aromatic heterocycles. The lowest BCUT2D eigenvalue weighted by Gasteiger charge is -2.10. The van der Waals surface area contributed by atoms with Crippen molar-refractivity contribution in [3.8, 4) is 11.3 Å². The summed E-state index contributed by atoms with van der Waals surface area (Å²) in [5.41, 5.74) is 3.73. The lowest BCUT2D eigenvalue weighted by molar-refractivity contribution is 1.06. The first-order valence-electron chi connectivity index (χ1n) is 8.68. The zero-order valence-corrected chi connectivity index (χ0v) is 15.9. The first-order valence-corrected chi connectivity index (χ1v) is 9.06. The van der Waals surface area contributed by atoms with Crippen molar-refractivity contribution in [1.29, 1.82) is 0 Å². The Kier molecular flexibility index (Phi) is 5.12. The third-order valence-corrected chi connectivity index (χ3v) is 4.17. The Balaban J connectivity index is 1.47. The van der Waals surface area contributed by atoms with Gasteiger partial charge in [0, 0.05) is 29.1 Å². The van der Waals surface area contributed by atoms with Gasteiger partial charge >= 0.3 is 0 Å². The van der Waals surface area contributed by atoms with Crippen molar-refractivity contribution in [2.45, 2.75) is 6.92 Å². The van der Waals surface area contributed by atoms with Crippen LogP contribution in [-0.4, -0.2) is 19.9 Å². The van der Waals surface area contributed by atoms with Crippen LogP contribution >= 0.6 is 11.6 Å². The normalized spacial score (nSPS) is 10.5. The van der Waals surface area contributed by atoms with Crippen molar-refractivity contribution < 1.29 is 0 Å². The molecule has 0 unspecified atom stereocenters.